The van der Waals surface area contributed by atoms with Crippen LogP contribution in [0.4, 0.5) is 0 Å². The summed E-state index contributed by atoms with van der Waals surface area (Å²) in [5.41, 5.74) is 0.229. The van der Waals surface area contributed by atoms with Crippen LogP contribution in [0, 0.1) is 5.92 Å². The first-order valence-corrected chi connectivity index (χ1v) is 6.90. The van der Waals surface area contributed by atoms with Gasteiger partial charge in [0.15, 0.2) is 0 Å². The monoisotopic (exact) mass is 228 g/mol. The van der Waals surface area contributed by atoms with E-state index in [0.717, 1.165) is 19.6 Å². The molecule has 0 aliphatic rings. The van der Waals surface area contributed by atoms with Crippen molar-refractivity contribution in [3.63, 3.8) is 0 Å². The van der Waals surface area contributed by atoms with Crippen molar-refractivity contribution in [3.05, 3.63) is 0 Å². The topological polar surface area (TPSA) is 15.3 Å². The van der Waals surface area contributed by atoms with Crippen LogP contribution < -0.4 is 5.32 Å². The number of hydrogen-bond acceptors (Lipinski definition) is 2. The van der Waals surface area contributed by atoms with Gasteiger partial charge in [0.2, 0.25) is 0 Å². The summed E-state index contributed by atoms with van der Waals surface area (Å²) in [6.07, 6.45) is 1.21. The minimum atomic E-state index is 0.229. The van der Waals surface area contributed by atoms with Gasteiger partial charge in [-0.2, -0.15) is 0 Å². The Kier molecular flexibility index (Phi) is 7.25. The highest BCUT2D eigenvalue weighted by atomic mass is 15.2. The van der Waals surface area contributed by atoms with Crippen LogP contribution in [0.3, 0.4) is 0 Å². The average molecular weight is 228 g/mol. The summed E-state index contributed by atoms with van der Waals surface area (Å²) in [4.78, 5) is 2.56. The lowest BCUT2D eigenvalue weighted by atomic mass is 9.84. The molecule has 0 aliphatic heterocycles. The van der Waals surface area contributed by atoms with Gasteiger partial charge in [-0.15, -0.1) is 0 Å². The van der Waals surface area contributed by atoms with E-state index in [1.807, 2.05) is 0 Å². The van der Waals surface area contributed by atoms with E-state index in [-0.39, 0.29) is 5.54 Å². The summed E-state index contributed by atoms with van der Waals surface area (Å²) in [5, 5.41) is 3.72. The van der Waals surface area contributed by atoms with Crippen molar-refractivity contribution in [1.82, 2.24) is 10.2 Å². The van der Waals surface area contributed by atoms with Gasteiger partial charge < -0.3 is 5.32 Å². The average Bonchev–Trinajstić information content (AvgIpc) is 2.18. The van der Waals surface area contributed by atoms with Crippen LogP contribution >= 0.6 is 0 Å². The minimum Gasteiger partial charge on any atom is -0.312 e. The molecule has 1 unspecified atom stereocenters. The zero-order valence-electron chi connectivity index (χ0n) is 12.4. The third kappa shape index (κ3) is 4.06. The van der Waals surface area contributed by atoms with E-state index in [9.17, 15) is 0 Å². The van der Waals surface area contributed by atoms with Gasteiger partial charge in [0, 0.05) is 11.6 Å². The fourth-order valence-corrected chi connectivity index (χ4v) is 2.84. The molecule has 0 spiro atoms. The maximum Gasteiger partial charge on any atom is 0.0308 e. The van der Waals surface area contributed by atoms with Gasteiger partial charge in [-0.25, -0.2) is 0 Å². The quantitative estimate of drug-likeness (QED) is 0.686. The van der Waals surface area contributed by atoms with Gasteiger partial charge >= 0.3 is 0 Å². The van der Waals surface area contributed by atoms with Gasteiger partial charge in [-0.1, -0.05) is 34.6 Å². The SMILES string of the molecule is CCCNC(C(C)C)C(C)(C)N(CC)CC. The van der Waals surface area contributed by atoms with Gasteiger partial charge in [-0.05, 0) is 45.8 Å². The highest BCUT2D eigenvalue weighted by molar-refractivity contribution is 4.94. The number of hydrogen-bond donors (Lipinski definition) is 1. The van der Waals surface area contributed by atoms with Crippen molar-refractivity contribution in [2.45, 2.75) is 66.5 Å². The molecule has 0 fully saturated rings. The normalized spacial score (nSPS) is 14.8. The lowest BCUT2D eigenvalue weighted by Gasteiger charge is -2.45. The molecular formula is C14H32N2. The van der Waals surface area contributed by atoms with Crippen molar-refractivity contribution >= 4 is 0 Å². The second kappa shape index (κ2) is 7.29. The van der Waals surface area contributed by atoms with E-state index in [4.69, 9.17) is 0 Å². The van der Waals surface area contributed by atoms with Crippen LogP contribution in [0.5, 0.6) is 0 Å². The molecule has 1 N–H and O–H groups in total. The summed E-state index contributed by atoms with van der Waals surface area (Å²) < 4.78 is 0. The molecule has 1 atom stereocenters. The Hall–Kier alpha value is -0.0800. The molecule has 0 aromatic carbocycles. The first-order valence-electron chi connectivity index (χ1n) is 6.90. The molecule has 16 heavy (non-hydrogen) atoms. The molecular weight excluding hydrogens is 196 g/mol. The molecule has 0 radical (unpaired) electrons. The minimum absolute atomic E-state index is 0.229. The molecule has 0 amide bonds. The van der Waals surface area contributed by atoms with Crippen molar-refractivity contribution in [1.29, 1.82) is 0 Å². The van der Waals surface area contributed by atoms with Gasteiger partial charge in [0.05, 0.1) is 0 Å². The van der Waals surface area contributed by atoms with Gasteiger partial charge in [0.25, 0.3) is 0 Å². The smallest absolute Gasteiger partial charge is 0.0308 e. The van der Waals surface area contributed by atoms with E-state index in [0.29, 0.717) is 12.0 Å². The van der Waals surface area contributed by atoms with E-state index < -0.39 is 0 Å². The fourth-order valence-electron chi connectivity index (χ4n) is 2.84. The van der Waals surface area contributed by atoms with Crippen LogP contribution in [0.15, 0.2) is 0 Å². The molecule has 2 nitrogen and oxygen atoms in total. The summed E-state index contributed by atoms with van der Waals surface area (Å²) >= 11 is 0. The van der Waals surface area contributed by atoms with Crippen LogP contribution in [0.2, 0.25) is 0 Å². The van der Waals surface area contributed by atoms with Crippen molar-refractivity contribution in [3.8, 4) is 0 Å². The molecule has 0 aliphatic carbocycles. The molecule has 0 aromatic rings. The van der Waals surface area contributed by atoms with Gasteiger partial charge in [0.1, 0.15) is 0 Å². The third-order valence-electron chi connectivity index (χ3n) is 3.62. The Bertz CT molecular complexity index is 172. The van der Waals surface area contributed by atoms with Crippen molar-refractivity contribution < 1.29 is 0 Å². The number of rotatable bonds is 8. The van der Waals surface area contributed by atoms with E-state index in [2.05, 4.69) is 58.7 Å². The van der Waals surface area contributed by atoms with Crippen LogP contribution in [-0.4, -0.2) is 36.1 Å². The Morgan fingerprint density at radius 3 is 1.88 bits per heavy atom. The van der Waals surface area contributed by atoms with E-state index in [1.54, 1.807) is 0 Å². The van der Waals surface area contributed by atoms with Crippen LogP contribution in [-0.2, 0) is 0 Å². The zero-order chi connectivity index (χ0) is 12.8. The number of nitrogens with one attached hydrogen (secondary N) is 1. The summed E-state index contributed by atoms with van der Waals surface area (Å²) in [6, 6.07) is 0.562. The third-order valence-corrected chi connectivity index (χ3v) is 3.62. The maximum atomic E-state index is 3.72. The van der Waals surface area contributed by atoms with Crippen LogP contribution in [0.1, 0.15) is 54.9 Å². The molecule has 0 aromatic heterocycles. The van der Waals surface area contributed by atoms with Crippen LogP contribution in [0.25, 0.3) is 0 Å². The predicted octanol–water partition coefficient (Wildman–Crippen LogP) is 3.13. The van der Waals surface area contributed by atoms with Crippen molar-refractivity contribution in [2.75, 3.05) is 19.6 Å². The van der Waals surface area contributed by atoms with E-state index in [1.165, 1.54) is 6.42 Å². The molecule has 0 rings (SSSR count). The Morgan fingerprint density at radius 1 is 1.06 bits per heavy atom. The highest BCUT2D eigenvalue weighted by Crippen LogP contribution is 2.24. The predicted molar refractivity (Wildman–Crippen MR) is 73.9 cm³/mol. The summed E-state index contributed by atoms with van der Waals surface area (Å²) in [6.45, 7) is 19.5. The molecule has 0 saturated carbocycles. The Labute approximate surface area is 103 Å². The van der Waals surface area contributed by atoms with E-state index >= 15 is 0 Å². The molecule has 0 heterocycles. The zero-order valence-corrected chi connectivity index (χ0v) is 12.4. The molecule has 0 bridgehead atoms. The first-order chi connectivity index (χ1) is 7.41. The number of likely N-dealkylation sites (N-methyl/N-ethyl adjacent to an activating group) is 1. The second-order valence-corrected chi connectivity index (χ2v) is 5.50. The first kappa shape index (κ1) is 15.9. The lowest BCUT2D eigenvalue weighted by molar-refractivity contribution is 0.0719. The Morgan fingerprint density at radius 2 is 1.56 bits per heavy atom. The van der Waals surface area contributed by atoms with Crippen molar-refractivity contribution in [2.24, 2.45) is 5.92 Å². The van der Waals surface area contributed by atoms with Gasteiger partial charge in [-0.3, -0.25) is 4.90 Å². The summed E-state index contributed by atoms with van der Waals surface area (Å²) in [7, 11) is 0. The number of nitrogens with zero attached hydrogens (tertiary/aromatic N) is 1. The Balaban J connectivity index is 4.72. The lowest BCUT2D eigenvalue weighted by Crippen LogP contribution is -2.59. The molecule has 0 saturated heterocycles. The maximum absolute atomic E-state index is 3.72. The second-order valence-electron chi connectivity index (χ2n) is 5.50. The summed E-state index contributed by atoms with van der Waals surface area (Å²) in [5.74, 6) is 0.669. The molecule has 98 valence electrons. The highest BCUT2D eigenvalue weighted by Gasteiger charge is 2.35. The molecule has 2 heteroatoms. The standard InChI is InChI=1S/C14H32N2/c1-8-11-15-13(12(4)5)14(6,7)16(9-2)10-3/h12-13,15H,8-11H2,1-7H3. The fraction of sp³-hybridized carbons (Fsp3) is 1.00. The largest absolute Gasteiger partial charge is 0.312 e.